The van der Waals surface area contributed by atoms with Crippen molar-refractivity contribution in [3.63, 3.8) is 0 Å². The van der Waals surface area contributed by atoms with E-state index in [2.05, 4.69) is 4.98 Å². The lowest BCUT2D eigenvalue weighted by Crippen LogP contribution is -2.05. The maximum Gasteiger partial charge on any atom is 0.340 e. The van der Waals surface area contributed by atoms with E-state index in [4.69, 9.17) is 4.74 Å². The van der Waals surface area contributed by atoms with Gasteiger partial charge in [0.15, 0.2) is 0 Å². The average molecular weight is 282 g/mol. The van der Waals surface area contributed by atoms with Gasteiger partial charge in [0, 0.05) is 5.69 Å². The Bertz CT molecular complexity index is 791. The summed E-state index contributed by atoms with van der Waals surface area (Å²) >= 11 is 0. The molecule has 0 aliphatic rings. The molecule has 2 aromatic carbocycles. The number of imidazole rings is 1. The van der Waals surface area contributed by atoms with Gasteiger partial charge in [-0.25, -0.2) is 9.78 Å². The fourth-order valence-corrected chi connectivity index (χ4v) is 2.23. The smallest absolute Gasteiger partial charge is 0.340 e. The normalized spacial score (nSPS) is 10.7. The number of phenolic OH excluding ortho intramolecular Hbond substituents is 1. The van der Waals surface area contributed by atoms with E-state index >= 15 is 0 Å². The van der Waals surface area contributed by atoms with Gasteiger partial charge in [-0.2, -0.15) is 0 Å². The quantitative estimate of drug-likeness (QED) is 0.750. The monoisotopic (exact) mass is 282 g/mol. The third-order valence-electron chi connectivity index (χ3n) is 3.20. The number of hydrogen-bond acceptors (Lipinski definition) is 4. The van der Waals surface area contributed by atoms with Crippen LogP contribution in [0.5, 0.6) is 5.75 Å². The molecule has 0 atom stereocenters. The summed E-state index contributed by atoms with van der Waals surface area (Å²) in [7, 11) is 0. The molecule has 21 heavy (non-hydrogen) atoms. The van der Waals surface area contributed by atoms with Crippen molar-refractivity contribution in [1.29, 1.82) is 0 Å². The molecule has 0 fully saturated rings. The third-order valence-corrected chi connectivity index (χ3v) is 3.20. The van der Waals surface area contributed by atoms with Crippen LogP contribution in [0.1, 0.15) is 17.3 Å². The van der Waals surface area contributed by atoms with Crippen molar-refractivity contribution in [3.05, 3.63) is 54.4 Å². The predicted octanol–water partition coefficient (Wildman–Crippen LogP) is 2.91. The highest BCUT2D eigenvalue weighted by molar-refractivity contribution is 6.02. The number of para-hydroxylation sites is 1. The highest BCUT2D eigenvalue weighted by atomic mass is 16.5. The van der Waals surface area contributed by atoms with Crippen LogP contribution in [0.4, 0.5) is 0 Å². The molecule has 0 aliphatic carbocycles. The summed E-state index contributed by atoms with van der Waals surface area (Å²) in [6.07, 6.45) is 1.65. The number of carbonyl (C=O) groups excluding carboxylic acids is 1. The number of benzene rings is 2. The van der Waals surface area contributed by atoms with Crippen molar-refractivity contribution < 1.29 is 14.6 Å². The van der Waals surface area contributed by atoms with E-state index in [1.807, 2.05) is 10.6 Å². The zero-order valence-corrected chi connectivity index (χ0v) is 11.5. The first kappa shape index (κ1) is 13.2. The number of aromatic nitrogens is 2. The highest BCUT2D eigenvalue weighted by Gasteiger charge is 2.14. The van der Waals surface area contributed by atoms with E-state index in [0.717, 1.165) is 11.2 Å². The van der Waals surface area contributed by atoms with E-state index < -0.39 is 0 Å². The number of aromatic hydroxyl groups is 1. The molecule has 0 amide bonds. The fourth-order valence-electron chi connectivity index (χ4n) is 2.23. The molecule has 3 aromatic rings. The second kappa shape index (κ2) is 5.28. The van der Waals surface area contributed by atoms with Crippen LogP contribution < -0.4 is 0 Å². The molecule has 3 rings (SSSR count). The topological polar surface area (TPSA) is 64.3 Å². The van der Waals surface area contributed by atoms with Crippen molar-refractivity contribution in [1.82, 2.24) is 9.55 Å². The summed E-state index contributed by atoms with van der Waals surface area (Å²) in [6.45, 7) is 2.10. The first-order chi connectivity index (χ1) is 10.2. The molecular formula is C16H14N2O3. The fraction of sp³-hybridized carbons (Fsp3) is 0.125. The number of rotatable bonds is 3. The average Bonchev–Trinajstić information content (AvgIpc) is 2.92. The summed E-state index contributed by atoms with van der Waals surface area (Å²) in [6, 6.07) is 12.2. The van der Waals surface area contributed by atoms with Gasteiger partial charge in [-0.05, 0) is 43.3 Å². The molecule has 106 valence electrons. The van der Waals surface area contributed by atoms with Crippen LogP contribution in [-0.2, 0) is 4.74 Å². The number of fused-ring (bicyclic) bond motifs is 1. The Labute approximate surface area is 121 Å². The van der Waals surface area contributed by atoms with Crippen molar-refractivity contribution in [2.24, 2.45) is 0 Å². The minimum absolute atomic E-state index is 0.204. The Morgan fingerprint density at radius 3 is 2.71 bits per heavy atom. The minimum Gasteiger partial charge on any atom is -0.508 e. The van der Waals surface area contributed by atoms with E-state index in [-0.39, 0.29) is 11.7 Å². The maximum atomic E-state index is 11.9. The predicted molar refractivity (Wildman–Crippen MR) is 78.7 cm³/mol. The number of carbonyl (C=O) groups is 1. The summed E-state index contributed by atoms with van der Waals surface area (Å²) in [5.74, 6) is -0.172. The number of esters is 1. The van der Waals surface area contributed by atoms with Gasteiger partial charge in [-0.3, -0.25) is 4.57 Å². The molecule has 0 radical (unpaired) electrons. The summed E-state index contributed by atoms with van der Waals surface area (Å²) in [4.78, 5) is 16.3. The van der Waals surface area contributed by atoms with Crippen LogP contribution in [0.15, 0.2) is 48.8 Å². The van der Waals surface area contributed by atoms with Crippen molar-refractivity contribution in [3.8, 4) is 11.4 Å². The first-order valence-electron chi connectivity index (χ1n) is 6.63. The van der Waals surface area contributed by atoms with Crippen LogP contribution >= 0.6 is 0 Å². The van der Waals surface area contributed by atoms with Crippen LogP contribution in [0.3, 0.4) is 0 Å². The zero-order chi connectivity index (χ0) is 14.8. The Morgan fingerprint density at radius 1 is 1.24 bits per heavy atom. The van der Waals surface area contributed by atoms with Gasteiger partial charge in [0.1, 0.15) is 17.6 Å². The second-order valence-electron chi connectivity index (χ2n) is 4.52. The SMILES string of the molecule is CCOC(=O)c1cccc2c1ncn2-c1ccc(O)cc1. The largest absolute Gasteiger partial charge is 0.508 e. The number of ether oxygens (including phenoxy) is 1. The van der Waals surface area contributed by atoms with Gasteiger partial charge in [0.05, 0.1) is 17.7 Å². The summed E-state index contributed by atoms with van der Waals surface area (Å²) < 4.78 is 6.90. The standard InChI is InChI=1S/C16H14N2O3/c1-2-21-16(20)13-4-3-5-14-15(13)17-10-18(14)11-6-8-12(19)9-7-11/h3-10,19H,2H2,1H3. The minimum atomic E-state index is -0.376. The molecule has 5 heteroatoms. The Kier molecular flexibility index (Phi) is 3.31. The van der Waals surface area contributed by atoms with Crippen LogP contribution in [0.25, 0.3) is 16.7 Å². The lowest BCUT2D eigenvalue weighted by atomic mass is 10.2. The van der Waals surface area contributed by atoms with E-state index in [1.54, 1.807) is 49.6 Å². The molecule has 0 bridgehead atoms. The van der Waals surface area contributed by atoms with Gasteiger partial charge >= 0.3 is 5.97 Å². The van der Waals surface area contributed by atoms with Gasteiger partial charge in [0.2, 0.25) is 0 Å². The zero-order valence-electron chi connectivity index (χ0n) is 11.5. The molecular weight excluding hydrogens is 268 g/mol. The second-order valence-corrected chi connectivity index (χ2v) is 4.52. The van der Waals surface area contributed by atoms with Gasteiger partial charge < -0.3 is 9.84 Å². The van der Waals surface area contributed by atoms with E-state index in [0.29, 0.717) is 17.7 Å². The first-order valence-corrected chi connectivity index (χ1v) is 6.63. The van der Waals surface area contributed by atoms with Crippen molar-refractivity contribution >= 4 is 17.0 Å². The molecule has 0 aliphatic heterocycles. The molecule has 1 aromatic heterocycles. The Balaban J connectivity index is 2.13. The van der Waals surface area contributed by atoms with Gasteiger partial charge in [-0.1, -0.05) is 6.07 Å². The Hall–Kier alpha value is -2.82. The number of nitrogens with zero attached hydrogens (tertiary/aromatic N) is 2. The molecule has 0 spiro atoms. The van der Waals surface area contributed by atoms with E-state index in [1.165, 1.54) is 0 Å². The maximum absolute atomic E-state index is 11.9. The lowest BCUT2D eigenvalue weighted by molar-refractivity contribution is 0.0528. The molecule has 5 nitrogen and oxygen atoms in total. The van der Waals surface area contributed by atoms with Gasteiger partial charge in [-0.15, -0.1) is 0 Å². The van der Waals surface area contributed by atoms with Crippen LogP contribution in [0.2, 0.25) is 0 Å². The van der Waals surface area contributed by atoms with Crippen molar-refractivity contribution in [2.45, 2.75) is 6.92 Å². The van der Waals surface area contributed by atoms with Crippen LogP contribution in [0, 0.1) is 0 Å². The van der Waals surface area contributed by atoms with Crippen LogP contribution in [-0.4, -0.2) is 27.2 Å². The lowest BCUT2D eigenvalue weighted by Gasteiger charge is -2.06. The third kappa shape index (κ3) is 2.33. The summed E-state index contributed by atoms with van der Waals surface area (Å²) in [5, 5.41) is 9.36. The number of phenols is 1. The van der Waals surface area contributed by atoms with E-state index in [9.17, 15) is 9.90 Å². The molecule has 0 saturated heterocycles. The molecule has 1 heterocycles. The van der Waals surface area contributed by atoms with Crippen molar-refractivity contribution in [2.75, 3.05) is 6.61 Å². The highest BCUT2D eigenvalue weighted by Crippen LogP contribution is 2.23. The molecule has 0 saturated carbocycles. The number of hydrogen-bond donors (Lipinski definition) is 1. The summed E-state index contributed by atoms with van der Waals surface area (Å²) in [5.41, 5.74) is 2.72. The molecule has 0 unspecified atom stereocenters. The van der Waals surface area contributed by atoms with Gasteiger partial charge in [0.25, 0.3) is 0 Å². The Morgan fingerprint density at radius 2 is 2.00 bits per heavy atom. The molecule has 1 N–H and O–H groups in total.